The number of carbonyl (C=O) groups is 2. The Hall–Kier alpha value is -1.83. The summed E-state index contributed by atoms with van der Waals surface area (Å²) in [7, 11) is 5.13. The first-order chi connectivity index (χ1) is 15.6. The van der Waals surface area contributed by atoms with Crippen molar-refractivity contribution < 1.29 is 37.3 Å². The highest BCUT2D eigenvalue weighted by Crippen LogP contribution is 2.35. The third kappa shape index (κ3) is 11.2. The number of nitrogens with one attached hydrogen (secondary N) is 2. The Bertz CT molecular complexity index is 718. The van der Waals surface area contributed by atoms with Crippen LogP contribution < -0.4 is 21.1 Å². The van der Waals surface area contributed by atoms with E-state index in [1.54, 1.807) is 28.7 Å². The third-order valence-corrected chi connectivity index (χ3v) is 7.18. The van der Waals surface area contributed by atoms with Crippen LogP contribution in [0.2, 0.25) is 0 Å². The maximum absolute atomic E-state index is 12.1. The van der Waals surface area contributed by atoms with Crippen molar-refractivity contribution in [2.75, 3.05) is 51.5 Å². The average Bonchev–Trinajstić information content (AvgIpc) is 2.80. The van der Waals surface area contributed by atoms with Crippen molar-refractivity contribution in [3.8, 4) is 5.75 Å². The second-order valence-corrected chi connectivity index (χ2v) is 9.67. The van der Waals surface area contributed by atoms with Gasteiger partial charge in [-0.15, -0.1) is 0 Å². The third-order valence-electron chi connectivity index (χ3n) is 4.74. The van der Waals surface area contributed by atoms with Crippen LogP contribution in [0.3, 0.4) is 0 Å². The van der Waals surface area contributed by atoms with Gasteiger partial charge in [0, 0.05) is 49.8 Å². The number of carbonyl (C=O) groups excluding carboxylic acids is 1. The lowest BCUT2D eigenvalue weighted by atomic mass is 9.74. The summed E-state index contributed by atoms with van der Waals surface area (Å²) in [5.41, 5.74) is 6.58. The molecule has 1 fully saturated rings. The Kier molecular flexibility index (Phi) is 13.4. The minimum Gasteiger partial charge on any atom is -0.497 e. The zero-order valence-corrected chi connectivity index (χ0v) is 19.9. The van der Waals surface area contributed by atoms with Gasteiger partial charge < -0.3 is 30.9 Å². The Balaban J connectivity index is 0.000000675. The van der Waals surface area contributed by atoms with E-state index < -0.39 is 12.1 Å². The number of halogens is 3. The van der Waals surface area contributed by atoms with E-state index in [0.29, 0.717) is 32.8 Å². The lowest BCUT2D eigenvalue weighted by molar-refractivity contribution is -0.192. The number of alkyl halides is 3. The fraction of sp³-hybridized carbons (Fsp3) is 0.600. The summed E-state index contributed by atoms with van der Waals surface area (Å²) in [5, 5.41) is 13.1. The Morgan fingerprint density at radius 3 is 2.24 bits per heavy atom. The standard InChI is InChI=1S/C18H29N3O3S2.C2HF3O2/c1-23-16-4-2-15(3-5-16)18(6-10-24-11-7-18)14-21-17(22)20-9-13-26-25-12-8-19;3-2(4,5)1(6)7/h2-5H,6-14,19H2,1H3,(H2,20,21,22);(H,6,7). The van der Waals surface area contributed by atoms with Crippen molar-refractivity contribution >= 4 is 33.6 Å². The molecule has 0 radical (unpaired) electrons. The highest BCUT2D eigenvalue weighted by Gasteiger charge is 2.38. The van der Waals surface area contributed by atoms with Gasteiger partial charge in [0.1, 0.15) is 5.75 Å². The normalized spacial score (nSPS) is 15.1. The van der Waals surface area contributed by atoms with Gasteiger partial charge in [-0.2, -0.15) is 13.2 Å². The van der Waals surface area contributed by atoms with E-state index in [9.17, 15) is 18.0 Å². The number of aliphatic carboxylic acids is 1. The van der Waals surface area contributed by atoms with Crippen molar-refractivity contribution in [2.45, 2.75) is 24.4 Å². The fourth-order valence-electron chi connectivity index (χ4n) is 2.96. The summed E-state index contributed by atoms with van der Waals surface area (Å²) in [6, 6.07) is 8.02. The Morgan fingerprint density at radius 2 is 1.73 bits per heavy atom. The smallest absolute Gasteiger partial charge is 0.490 e. The Labute approximate surface area is 198 Å². The monoisotopic (exact) mass is 513 g/mol. The van der Waals surface area contributed by atoms with E-state index in [2.05, 4.69) is 22.8 Å². The van der Waals surface area contributed by atoms with Crippen LogP contribution in [0.25, 0.3) is 0 Å². The van der Waals surface area contributed by atoms with Gasteiger partial charge in [0.2, 0.25) is 0 Å². The summed E-state index contributed by atoms with van der Waals surface area (Å²) in [4.78, 5) is 21.0. The average molecular weight is 514 g/mol. The number of methoxy groups -OCH3 is 1. The van der Waals surface area contributed by atoms with Gasteiger partial charge in [-0.3, -0.25) is 0 Å². The summed E-state index contributed by atoms with van der Waals surface area (Å²) >= 11 is 0. The molecular formula is C20H30F3N3O5S2. The number of urea groups is 1. The molecule has 0 aliphatic carbocycles. The van der Waals surface area contributed by atoms with Crippen molar-refractivity contribution in [1.82, 2.24) is 10.6 Å². The maximum atomic E-state index is 12.1. The molecule has 0 aromatic heterocycles. The highest BCUT2D eigenvalue weighted by molar-refractivity contribution is 8.76. The summed E-state index contributed by atoms with van der Waals surface area (Å²) < 4.78 is 42.5. The summed E-state index contributed by atoms with van der Waals surface area (Å²) in [6.07, 6.45) is -3.30. The number of benzene rings is 1. The van der Waals surface area contributed by atoms with Crippen LogP contribution in [0.5, 0.6) is 5.75 Å². The molecule has 13 heteroatoms. The van der Waals surface area contributed by atoms with E-state index in [0.717, 1.165) is 30.1 Å². The van der Waals surface area contributed by atoms with E-state index in [1.807, 2.05) is 12.1 Å². The van der Waals surface area contributed by atoms with E-state index in [4.69, 9.17) is 25.1 Å². The fourth-order valence-corrected chi connectivity index (χ4v) is 4.72. The molecule has 2 amide bonds. The minimum absolute atomic E-state index is 0.0897. The molecule has 1 aromatic carbocycles. The van der Waals surface area contributed by atoms with Gasteiger partial charge in [-0.05, 0) is 30.5 Å². The van der Waals surface area contributed by atoms with Crippen LogP contribution in [0, 0.1) is 0 Å². The van der Waals surface area contributed by atoms with Gasteiger partial charge in [0.25, 0.3) is 0 Å². The molecule has 188 valence electrons. The molecule has 1 aliphatic rings. The van der Waals surface area contributed by atoms with Crippen LogP contribution in [-0.2, 0) is 14.9 Å². The highest BCUT2D eigenvalue weighted by atomic mass is 33.1. The van der Waals surface area contributed by atoms with Crippen molar-refractivity contribution in [3.05, 3.63) is 29.8 Å². The molecule has 1 heterocycles. The van der Waals surface area contributed by atoms with Crippen LogP contribution in [0.15, 0.2) is 24.3 Å². The number of hydrogen-bond acceptors (Lipinski definition) is 7. The van der Waals surface area contributed by atoms with E-state index in [1.165, 1.54) is 5.56 Å². The van der Waals surface area contributed by atoms with Gasteiger partial charge >= 0.3 is 18.2 Å². The SMILES string of the molecule is COc1ccc(C2(CNC(=O)NCCSSCCN)CCOCC2)cc1.O=C(O)C(F)(F)F. The molecule has 1 aromatic rings. The molecule has 0 atom stereocenters. The van der Waals surface area contributed by atoms with Crippen molar-refractivity contribution in [3.63, 3.8) is 0 Å². The number of ether oxygens (including phenoxy) is 2. The van der Waals surface area contributed by atoms with Crippen molar-refractivity contribution in [1.29, 1.82) is 0 Å². The second kappa shape index (κ2) is 15.1. The molecule has 33 heavy (non-hydrogen) atoms. The van der Waals surface area contributed by atoms with Gasteiger partial charge in [0.05, 0.1) is 7.11 Å². The number of rotatable bonds is 10. The van der Waals surface area contributed by atoms with Gasteiger partial charge in [-0.25, -0.2) is 9.59 Å². The quantitative estimate of drug-likeness (QED) is 0.278. The summed E-state index contributed by atoms with van der Waals surface area (Å²) in [5.74, 6) is -0.113. The van der Waals surface area contributed by atoms with Gasteiger partial charge in [0.15, 0.2) is 0 Å². The molecule has 0 saturated carbocycles. The van der Waals surface area contributed by atoms with Crippen molar-refractivity contribution in [2.24, 2.45) is 5.73 Å². The molecule has 1 saturated heterocycles. The largest absolute Gasteiger partial charge is 0.497 e. The minimum atomic E-state index is -5.08. The molecular weight excluding hydrogens is 483 g/mol. The van der Waals surface area contributed by atoms with E-state index in [-0.39, 0.29) is 11.4 Å². The Morgan fingerprint density at radius 1 is 1.15 bits per heavy atom. The van der Waals surface area contributed by atoms with Crippen LogP contribution in [0.4, 0.5) is 18.0 Å². The lowest BCUT2D eigenvalue weighted by Crippen LogP contribution is -2.47. The molecule has 8 nitrogen and oxygen atoms in total. The molecule has 2 rings (SSSR count). The van der Waals surface area contributed by atoms with Crippen LogP contribution >= 0.6 is 21.6 Å². The lowest BCUT2D eigenvalue weighted by Gasteiger charge is -2.38. The molecule has 1 aliphatic heterocycles. The van der Waals surface area contributed by atoms with E-state index >= 15 is 0 Å². The number of hydrogen-bond donors (Lipinski definition) is 4. The maximum Gasteiger partial charge on any atom is 0.490 e. The molecule has 0 unspecified atom stereocenters. The number of carboxylic acid groups (broad SMARTS) is 1. The predicted octanol–water partition coefficient (Wildman–Crippen LogP) is 3.02. The first-order valence-electron chi connectivity index (χ1n) is 10.1. The number of carboxylic acids is 1. The topological polar surface area (TPSA) is 123 Å². The first-order valence-corrected chi connectivity index (χ1v) is 12.6. The van der Waals surface area contributed by atoms with Gasteiger partial charge in [-0.1, -0.05) is 33.7 Å². The zero-order valence-electron chi connectivity index (χ0n) is 18.3. The predicted molar refractivity (Wildman–Crippen MR) is 124 cm³/mol. The number of nitrogens with two attached hydrogens (primary N) is 1. The summed E-state index contributed by atoms with van der Waals surface area (Å²) in [6.45, 7) is 3.35. The molecule has 0 spiro atoms. The first kappa shape index (κ1) is 29.2. The van der Waals surface area contributed by atoms with Crippen LogP contribution in [-0.4, -0.2) is 74.7 Å². The van der Waals surface area contributed by atoms with Crippen LogP contribution in [0.1, 0.15) is 18.4 Å². The number of amides is 2. The molecule has 5 N–H and O–H groups in total. The molecule has 0 bridgehead atoms. The second-order valence-electron chi connectivity index (χ2n) is 6.97. The zero-order chi connectivity index (χ0) is 24.7.